The standard InChI is InChI=1S/C12H24O/c1-10-8-6-5-7-9-12(10,13)11(2,3)4/h10,13H,5-9H2,1-4H3. The minimum atomic E-state index is -0.441. The zero-order valence-corrected chi connectivity index (χ0v) is 9.56. The summed E-state index contributed by atoms with van der Waals surface area (Å²) in [6.45, 7) is 8.69. The van der Waals surface area contributed by atoms with Crippen LogP contribution in [0.5, 0.6) is 0 Å². The van der Waals surface area contributed by atoms with E-state index in [-0.39, 0.29) is 5.41 Å². The van der Waals surface area contributed by atoms with Crippen LogP contribution in [0.2, 0.25) is 0 Å². The molecule has 0 amide bonds. The highest BCUT2D eigenvalue weighted by Gasteiger charge is 2.44. The van der Waals surface area contributed by atoms with Gasteiger partial charge in [0, 0.05) is 0 Å². The Morgan fingerprint density at radius 2 is 1.77 bits per heavy atom. The predicted octanol–water partition coefficient (Wildman–Crippen LogP) is 3.36. The highest BCUT2D eigenvalue weighted by molar-refractivity contribution is 4.95. The average Bonchev–Trinajstić information content (AvgIpc) is 2.14. The Kier molecular flexibility index (Phi) is 3.06. The van der Waals surface area contributed by atoms with Crippen molar-refractivity contribution in [1.29, 1.82) is 0 Å². The molecule has 1 N–H and O–H groups in total. The lowest BCUT2D eigenvalue weighted by Crippen LogP contribution is -2.47. The van der Waals surface area contributed by atoms with Crippen LogP contribution in [0.1, 0.15) is 59.8 Å². The van der Waals surface area contributed by atoms with Gasteiger partial charge in [-0.1, -0.05) is 47.0 Å². The first-order chi connectivity index (χ1) is 5.88. The van der Waals surface area contributed by atoms with Crippen molar-refractivity contribution in [3.8, 4) is 0 Å². The minimum absolute atomic E-state index is 0.0246. The minimum Gasteiger partial charge on any atom is -0.389 e. The fourth-order valence-electron chi connectivity index (χ4n) is 2.62. The summed E-state index contributed by atoms with van der Waals surface area (Å²) < 4.78 is 0. The van der Waals surface area contributed by atoms with Crippen LogP contribution in [0.4, 0.5) is 0 Å². The van der Waals surface area contributed by atoms with Crippen molar-refractivity contribution < 1.29 is 5.11 Å². The lowest BCUT2D eigenvalue weighted by Gasteiger charge is -2.44. The summed E-state index contributed by atoms with van der Waals surface area (Å²) >= 11 is 0. The summed E-state index contributed by atoms with van der Waals surface area (Å²) in [5, 5.41) is 10.7. The molecule has 1 fully saturated rings. The summed E-state index contributed by atoms with van der Waals surface area (Å²) in [6.07, 6.45) is 5.95. The van der Waals surface area contributed by atoms with E-state index in [4.69, 9.17) is 0 Å². The van der Waals surface area contributed by atoms with Crippen LogP contribution in [0.25, 0.3) is 0 Å². The van der Waals surface area contributed by atoms with Gasteiger partial charge in [0.1, 0.15) is 0 Å². The molecule has 0 aliphatic heterocycles. The Hall–Kier alpha value is -0.0400. The Labute approximate surface area is 82.5 Å². The molecule has 0 aromatic rings. The van der Waals surface area contributed by atoms with Gasteiger partial charge in [0.2, 0.25) is 0 Å². The van der Waals surface area contributed by atoms with Crippen molar-refractivity contribution in [1.82, 2.24) is 0 Å². The van der Waals surface area contributed by atoms with E-state index in [0.717, 1.165) is 6.42 Å². The number of hydrogen-bond acceptors (Lipinski definition) is 1. The maximum atomic E-state index is 10.7. The smallest absolute Gasteiger partial charge is 0.0721 e. The van der Waals surface area contributed by atoms with Crippen LogP contribution < -0.4 is 0 Å². The fraction of sp³-hybridized carbons (Fsp3) is 1.00. The van der Waals surface area contributed by atoms with Crippen LogP contribution >= 0.6 is 0 Å². The maximum Gasteiger partial charge on any atom is 0.0721 e. The van der Waals surface area contributed by atoms with Crippen molar-refractivity contribution >= 4 is 0 Å². The van der Waals surface area contributed by atoms with E-state index in [1.54, 1.807) is 0 Å². The van der Waals surface area contributed by atoms with E-state index in [1.807, 2.05) is 0 Å². The normalized spacial score (nSPS) is 37.2. The first-order valence-electron chi connectivity index (χ1n) is 5.60. The second kappa shape index (κ2) is 3.61. The number of aliphatic hydroxyl groups is 1. The van der Waals surface area contributed by atoms with E-state index >= 15 is 0 Å². The zero-order valence-electron chi connectivity index (χ0n) is 9.56. The molecule has 0 radical (unpaired) electrons. The van der Waals surface area contributed by atoms with Crippen molar-refractivity contribution in [3.63, 3.8) is 0 Å². The summed E-state index contributed by atoms with van der Waals surface area (Å²) in [5.41, 5.74) is -0.416. The molecular weight excluding hydrogens is 160 g/mol. The second-order valence-corrected chi connectivity index (χ2v) is 5.67. The highest BCUT2D eigenvalue weighted by atomic mass is 16.3. The Morgan fingerprint density at radius 1 is 1.15 bits per heavy atom. The van der Waals surface area contributed by atoms with Crippen LogP contribution in [-0.2, 0) is 0 Å². The van der Waals surface area contributed by atoms with Gasteiger partial charge in [0.05, 0.1) is 5.60 Å². The lowest BCUT2D eigenvalue weighted by molar-refractivity contribution is -0.104. The van der Waals surface area contributed by atoms with Gasteiger partial charge in [-0.15, -0.1) is 0 Å². The van der Waals surface area contributed by atoms with Crippen molar-refractivity contribution in [2.24, 2.45) is 11.3 Å². The molecule has 13 heavy (non-hydrogen) atoms. The summed E-state index contributed by atoms with van der Waals surface area (Å²) in [4.78, 5) is 0. The van der Waals surface area contributed by atoms with Crippen molar-refractivity contribution in [2.45, 2.75) is 65.4 Å². The molecule has 0 aromatic heterocycles. The Bertz CT molecular complexity index is 168. The second-order valence-electron chi connectivity index (χ2n) is 5.67. The first-order valence-corrected chi connectivity index (χ1v) is 5.60. The van der Waals surface area contributed by atoms with Gasteiger partial charge in [-0.3, -0.25) is 0 Å². The molecule has 2 atom stereocenters. The monoisotopic (exact) mass is 184 g/mol. The molecule has 78 valence electrons. The first kappa shape index (κ1) is 11.0. The van der Waals surface area contributed by atoms with E-state index in [0.29, 0.717) is 5.92 Å². The van der Waals surface area contributed by atoms with Gasteiger partial charge < -0.3 is 5.11 Å². The molecule has 1 heteroatoms. The van der Waals surface area contributed by atoms with Crippen molar-refractivity contribution in [2.75, 3.05) is 0 Å². The SMILES string of the molecule is CC1CCCCCC1(O)C(C)(C)C. The number of hydrogen-bond donors (Lipinski definition) is 1. The summed E-state index contributed by atoms with van der Waals surface area (Å²) in [6, 6.07) is 0. The van der Waals surface area contributed by atoms with Crippen LogP contribution in [0, 0.1) is 11.3 Å². The summed E-state index contributed by atoms with van der Waals surface area (Å²) in [7, 11) is 0. The van der Waals surface area contributed by atoms with Gasteiger partial charge in [-0.2, -0.15) is 0 Å². The third kappa shape index (κ3) is 2.07. The highest BCUT2D eigenvalue weighted by Crippen LogP contribution is 2.44. The Balaban J connectivity index is 2.83. The molecule has 1 aliphatic rings. The molecule has 1 nitrogen and oxygen atoms in total. The lowest BCUT2D eigenvalue weighted by atomic mass is 9.67. The van der Waals surface area contributed by atoms with E-state index < -0.39 is 5.60 Å². The zero-order chi connectivity index (χ0) is 10.1. The maximum absolute atomic E-state index is 10.7. The average molecular weight is 184 g/mol. The van der Waals surface area contributed by atoms with Gasteiger partial charge >= 0.3 is 0 Å². The van der Waals surface area contributed by atoms with Gasteiger partial charge in [-0.25, -0.2) is 0 Å². The molecule has 0 saturated heterocycles. The van der Waals surface area contributed by atoms with Crippen LogP contribution in [0.15, 0.2) is 0 Å². The van der Waals surface area contributed by atoms with Crippen LogP contribution in [-0.4, -0.2) is 10.7 Å². The fourth-order valence-corrected chi connectivity index (χ4v) is 2.62. The summed E-state index contributed by atoms with van der Waals surface area (Å²) in [5.74, 6) is 0.454. The van der Waals surface area contributed by atoms with Crippen molar-refractivity contribution in [3.05, 3.63) is 0 Å². The topological polar surface area (TPSA) is 20.2 Å². The van der Waals surface area contributed by atoms with Gasteiger partial charge in [0.25, 0.3) is 0 Å². The predicted molar refractivity (Wildman–Crippen MR) is 56.7 cm³/mol. The molecule has 0 bridgehead atoms. The van der Waals surface area contributed by atoms with Crippen LogP contribution in [0.3, 0.4) is 0 Å². The Morgan fingerprint density at radius 3 is 2.31 bits per heavy atom. The van der Waals surface area contributed by atoms with Gasteiger partial charge in [-0.05, 0) is 24.2 Å². The number of rotatable bonds is 0. The third-order valence-electron chi connectivity index (χ3n) is 3.81. The molecule has 1 aliphatic carbocycles. The molecule has 0 heterocycles. The molecular formula is C12H24O. The molecule has 0 spiro atoms. The van der Waals surface area contributed by atoms with E-state index in [1.165, 1.54) is 25.7 Å². The van der Waals surface area contributed by atoms with Gasteiger partial charge in [0.15, 0.2) is 0 Å². The quantitative estimate of drug-likeness (QED) is 0.572. The van der Waals surface area contributed by atoms with E-state index in [2.05, 4.69) is 27.7 Å². The van der Waals surface area contributed by atoms with E-state index in [9.17, 15) is 5.11 Å². The molecule has 1 rings (SSSR count). The molecule has 0 aromatic carbocycles. The molecule has 1 saturated carbocycles. The largest absolute Gasteiger partial charge is 0.389 e. The molecule has 2 unspecified atom stereocenters. The third-order valence-corrected chi connectivity index (χ3v) is 3.81.